The molecule has 1 heterocycles. The summed E-state index contributed by atoms with van der Waals surface area (Å²) in [6, 6.07) is 4.82. The minimum absolute atomic E-state index is 0.298. The molecule has 0 fully saturated rings. The molecule has 0 amide bonds. The van der Waals surface area contributed by atoms with Crippen LogP contribution in [0.15, 0.2) is 18.2 Å². The molecular formula is C11H12FN3. The minimum atomic E-state index is -0.298. The zero-order chi connectivity index (χ0) is 11.0. The Morgan fingerprint density at radius 2 is 2.00 bits per heavy atom. The van der Waals surface area contributed by atoms with E-state index < -0.39 is 0 Å². The Balaban J connectivity index is 2.58. The van der Waals surface area contributed by atoms with Gasteiger partial charge in [0.25, 0.3) is 0 Å². The van der Waals surface area contributed by atoms with Gasteiger partial charge in [-0.05, 0) is 37.6 Å². The monoisotopic (exact) mass is 205 g/mol. The fourth-order valence-electron chi connectivity index (χ4n) is 1.44. The highest BCUT2D eigenvalue weighted by Crippen LogP contribution is 2.25. The molecule has 1 aromatic heterocycles. The number of nitrogens with one attached hydrogen (secondary N) is 1. The first-order valence-electron chi connectivity index (χ1n) is 4.66. The number of halogens is 1. The largest absolute Gasteiger partial charge is 0.398 e. The highest BCUT2D eigenvalue weighted by atomic mass is 19.1. The van der Waals surface area contributed by atoms with E-state index in [2.05, 4.69) is 10.2 Å². The van der Waals surface area contributed by atoms with Gasteiger partial charge in [0.15, 0.2) is 0 Å². The van der Waals surface area contributed by atoms with E-state index >= 15 is 0 Å². The number of benzene rings is 1. The van der Waals surface area contributed by atoms with Crippen molar-refractivity contribution in [3.05, 3.63) is 35.3 Å². The average Bonchev–Trinajstić information content (AvgIpc) is 2.58. The van der Waals surface area contributed by atoms with Crippen molar-refractivity contribution in [3.8, 4) is 11.3 Å². The van der Waals surface area contributed by atoms with Crippen molar-refractivity contribution < 1.29 is 4.39 Å². The van der Waals surface area contributed by atoms with Crippen molar-refractivity contribution >= 4 is 5.69 Å². The molecule has 3 N–H and O–H groups in total. The average molecular weight is 205 g/mol. The highest BCUT2D eigenvalue weighted by molar-refractivity contribution is 5.66. The van der Waals surface area contributed by atoms with Gasteiger partial charge in [0.2, 0.25) is 0 Å². The lowest BCUT2D eigenvalue weighted by Gasteiger charge is -2.04. The van der Waals surface area contributed by atoms with Crippen LogP contribution in [-0.4, -0.2) is 10.2 Å². The molecule has 78 valence electrons. The van der Waals surface area contributed by atoms with E-state index in [1.54, 1.807) is 19.1 Å². The van der Waals surface area contributed by atoms with Crippen LogP contribution in [0.2, 0.25) is 0 Å². The molecule has 0 aliphatic rings. The van der Waals surface area contributed by atoms with Gasteiger partial charge in [-0.15, -0.1) is 0 Å². The van der Waals surface area contributed by atoms with E-state index in [0.717, 1.165) is 11.3 Å². The summed E-state index contributed by atoms with van der Waals surface area (Å²) in [6.45, 7) is 3.64. The standard InChI is InChI=1S/C11H12FN3/c1-6-3-9(12)8(5-10(6)13)11-4-7(2)14-15-11/h3-5H,13H2,1-2H3,(H,14,15). The SMILES string of the molecule is Cc1cc(-c2cc(N)c(C)cc2F)n[nH]1. The van der Waals surface area contributed by atoms with E-state index in [1.807, 2.05) is 6.92 Å². The van der Waals surface area contributed by atoms with Crippen molar-refractivity contribution in [1.29, 1.82) is 0 Å². The summed E-state index contributed by atoms with van der Waals surface area (Å²) in [5.41, 5.74) is 8.95. The molecule has 0 saturated carbocycles. The Morgan fingerprint density at radius 3 is 2.60 bits per heavy atom. The summed E-state index contributed by atoms with van der Waals surface area (Å²) in [5.74, 6) is -0.298. The molecule has 1 aromatic carbocycles. The first-order chi connectivity index (χ1) is 7.08. The molecule has 15 heavy (non-hydrogen) atoms. The molecule has 0 saturated heterocycles. The Bertz CT molecular complexity index is 503. The van der Waals surface area contributed by atoms with E-state index in [-0.39, 0.29) is 5.82 Å². The molecule has 0 aliphatic carbocycles. The number of aromatic nitrogens is 2. The van der Waals surface area contributed by atoms with E-state index in [0.29, 0.717) is 16.9 Å². The van der Waals surface area contributed by atoms with Crippen LogP contribution >= 0.6 is 0 Å². The maximum Gasteiger partial charge on any atom is 0.133 e. The first kappa shape index (κ1) is 9.71. The lowest BCUT2D eigenvalue weighted by Crippen LogP contribution is -1.93. The maximum absolute atomic E-state index is 13.6. The quantitative estimate of drug-likeness (QED) is 0.702. The molecule has 0 bridgehead atoms. The molecule has 2 rings (SSSR count). The number of rotatable bonds is 1. The van der Waals surface area contributed by atoms with Gasteiger partial charge in [-0.1, -0.05) is 0 Å². The maximum atomic E-state index is 13.6. The van der Waals surface area contributed by atoms with Gasteiger partial charge in [0, 0.05) is 16.9 Å². The summed E-state index contributed by atoms with van der Waals surface area (Å²) < 4.78 is 13.6. The molecule has 0 atom stereocenters. The molecule has 0 spiro atoms. The van der Waals surface area contributed by atoms with Gasteiger partial charge >= 0.3 is 0 Å². The predicted octanol–water partition coefficient (Wildman–Crippen LogP) is 2.41. The second-order valence-electron chi connectivity index (χ2n) is 3.62. The smallest absolute Gasteiger partial charge is 0.133 e. The van der Waals surface area contributed by atoms with Crippen molar-refractivity contribution in [3.63, 3.8) is 0 Å². The third-order valence-electron chi connectivity index (χ3n) is 2.34. The molecular weight excluding hydrogens is 193 g/mol. The number of hydrogen-bond acceptors (Lipinski definition) is 2. The molecule has 0 radical (unpaired) electrons. The number of nitrogen functional groups attached to an aromatic ring is 1. The van der Waals surface area contributed by atoms with Gasteiger partial charge in [0.05, 0.1) is 5.69 Å². The van der Waals surface area contributed by atoms with Crippen molar-refractivity contribution in [2.45, 2.75) is 13.8 Å². The van der Waals surface area contributed by atoms with Crippen LogP contribution in [0, 0.1) is 19.7 Å². The Kier molecular flexibility index (Phi) is 2.19. The number of aromatic amines is 1. The number of nitrogens with two attached hydrogens (primary N) is 1. The number of aryl methyl sites for hydroxylation is 2. The van der Waals surface area contributed by atoms with E-state index in [4.69, 9.17) is 5.73 Å². The number of anilines is 1. The van der Waals surface area contributed by atoms with E-state index in [9.17, 15) is 4.39 Å². The highest BCUT2D eigenvalue weighted by Gasteiger charge is 2.10. The van der Waals surface area contributed by atoms with Crippen LogP contribution in [0.4, 0.5) is 10.1 Å². The zero-order valence-electron chi connectivity index (χ0n) is 8.63. The Labute approximate surface area is 87.1 Å². The fraction of sp³-hybridized carbons (Fsp3) is 0.182. The zero-order valence-corrected chi connectivity index (χ0v) is 8.63. The van der Waals surface area contributed by atoms with Gasteiger partial charge in [0.1, 0.15) is 5.82 Å². The van der Waals surface area contributed by atoms with Crippen LogP contribution in [0.3, 0.4) is 0 Å². The second-order valence-corrected chi connectivity index (χ2v) is 3.62. The summed E-state index contributed by atoms with van der Waals surface area (Å²) in [6.07, 6.45) is 0. The predicted molar refractivity (Wildman–Crippen MR) is 57.9 cm³/mol. The fourth-order valence-corrected chi connectivity index (χ4v) is 1.44. The lowest BCUT2D eigenvalue weighted by molar-refractivity contribution is 0.629. The van der Waals surface area contributed by atoms with Crippen molar-refractivity contribution in [1.82, 2.24) is 10.2 Å². The molecule has 0 aliphatic heterocycles. The number of nitrogens with zero attached hydrogens (tertiary/aromatic N) is 1. The van der Waals surface area contributed by atoms with Gasteiger partial charge in [-0.25, -0.2) is 4.39 Å². The first-order valence-corrected chi connectivity index (χ1v) is 4.66. The summed E-state index contributed by atoms with van der Waals surface area (Å²) >= 11 is 0. The Hall–Kier alpha value is -1.84. The topological polar surface area (TPSA) is 54.7 Å². The minimum Gasteiger partial charge on any atom is -0.398 e. The number of H-pyrrole nitrogens is 1. The molecule has 3 nitrogen and oxygen atoms in total. The molecule has 0 unspecified atom stereocenters. The van der Waals surface area contributed by atoms with Crippen LogP contribution < -0.4 is 5.73 Å². The van der Waals surface area contributed by atoms with Crippen molar-refractivity contribution in [2.75, 3.05) is 5.73 Å². The summed E-state index contributed by atoms with van der Waals surface area (Å²) in [5, 5.41) is 6.77. The van der Waals surface area contributed by atoms with Gasteiger partial charge < -0.3 is 5.73 Å². The van der Waals surface area contributed by atoms with Crippen molar-refractivity contribution in [2.24, 2.45) is 0 Å². The normalized spacial score (nSPS) is 10.6. The van der Waals surface area contributed by atoms with Gasteiger partial charge in [-0.3, -0.25) is 5.10 Å². The lowest BCUT2D eigenvalue weighted by atomic mass is 10.1. The third-order valence-corrected chi connectivity index (χ3v) is 2.34. The number of hydrogen-bond donors (Lipinski definition) is 2. The Morgan fingerprint density at radius 1 is 1.27 bits per heavy atom. The van der Waals surface area contributed by atoms with Crippen LogP contribution in [0.5, 0.6) is 0 Å². The van der Waals surface area contributed by atoms with Crippen LogP contribution in [0.1, 0.15) is 11.3 Å². The second kappa shape index (κ2) is 3.38. The van der Waals surface area contributed by atoms with Crippen LogP contribution in [-0.2, 0) is 0 Å². The molecule has 2 aromatic rings. The summed E-state index contributed by atoms with van der Waals surface area (Å²) in [7, 11) is 0. The van der Waals surface area contributed by atoms with Gasteiger partial charge in [-0.2, -0.15) is 5.10 Å². The van der Waals surface area contributed by atoms with Crippen LogP contribution in [0.25, 0.3) is 11.3 Å². The summed E-state index contributed by atoms with van der Waals surface area (Å²) in [4.78, 5) is 0. The molecule has 4 heteroatoms. The van der Waals surface area contributed by atoms with E-state index in [1.165, 1.54) is 6.07 Å². The third kappa shape index (κ3) is 1.70.